The molecule has 0 fully saturated rings. The van der Waals surface area contributed by atoms with Crippen LogP contribution < -0.4 is 5.56 Å². The maximum absolute atomic E-state index is 12.3. The van der Waals surface area contributed by atoms with Crippen molar-refractivity contribution in [3.05, 3.63) is 63.1 Å². The third kappa shape index (κ3) is 2.41. The van der Waals surface area contributed by atoms with Crippen LogP contribution in [0.2, 0.25) is 0 Å². The van der Waals surface area contributed by atoms with Crippen molar-refractivity contribution in [2.45, 2.75) is 32.7 Å². The summed E-state index contributed by atoms with van der Waals surface area (Å²) in [6.45, 7) is 1.80. The van der Waals surface area contributed by atoms with Gasteiger partial charge in [-0.1, -0.05) is 12.1 Å². The van der Waals surface area contributed by atoms with Crippen LogP contribution in [0, 0.1) is 6.92 Å². The monoisotopic (exact) mass is 268 g/mol. The summed E-state index contributed by atoms with van der Waals surface area (Å²) in [6.07, 6.45) is 4.89. The van der Waals surface area contributed by atoms with Crippen LogP contribution in [0.3, 0.4) is 0 Å². The van der Waals surface area contributed by atoms with E-state index in [1.165, 1.54) is 21.9 Å². The van der Waals surface area contributed by atoms with Crippen molar-refractivity contribution in [3.8, 4) is 0 Å². The highest BCUT2D eigenvalue weighted by atomic mass is 16.1. The second-order valence-corrected chi connectivity index (χ2v) is 5.29. The molecule has 1 aromatic carbocycles. The average molecular weight is 268 g/mol. The highest BCUT2D eigenvalue weighted by Crippen LogP contribution is 2.23. The first-order chi connectivity index (χ1) is 9.63. The van der Waals surface area contributed by atoms with Crippen LogP contribution in [0.15, 0.2) is 35.3 Å². The van der Waals surface area contributed by atoms with E-state index in [1.807, 2.05) is 18.2 Å². The Kier molecular flexibility index (Phi) is 3.22. The number of hydrogen-bond acceptors (Lipinski definition) is 3. The Labute approximate surface area is 117 Å². The molecule has 3 rings (SSSR count). The molecule has 102 valence electrons. The molecule has 0 unspecified atom stereocenters. The van der Waals surface area contributed by atoms with Gasteiger partial charge < -0.3 is 0 Å². The van der Waals surface area contributed by atoms with Crippen LogP contribution >= 0.6 is 0 Å². The molecule has 0 spiro atoms. The van der Waals surface area contributed by atoms with Gasteiger partial charge in [-0.3, -0.25) is 9.59 Å². The van der Waals surface area contributed by atoms with Gasteiger partial charge >= 0.3 is 0 Å². The number of carbonyl (C=O) groups excluding carboxylic acids is 1. The number of carbonyl (C=O) groups is 1. The number of hydrogen-bond donors (Lipinski definition) is 0. The number of rotatable bonds is 3. The predicted octanol–water partition coefficient (Wildman–Crippen LogP) is 1.92. The summed E-state index contributed by atoms with van der Waals surface area (Å²) in [5, 5.41) is 4.00. The lowest BCUT2D eigenvalue weighted by Crippen LogP contribution is -2.26. The lowest BCUT2D eigenvalue weighted by molar-refractivity contribution is 0.0965. The molecule has 0 N–H and O–H groups in total. The van der Waals surface area contributed by atoms with Gasteiger partial charge in [-0.05, 0) is 48.9 Å². The van der Waals surface area contributed by atoms with Gasteiger partial charge in [0, 0.05) is 11.6 Å². The Morgan fingerprint density at radius 3 is 2.85 bits per heavy atom. The second kappa shape index (κ2) is 5.04. The number of nitrogens with zero attached hydrogens (tertiary/aromatic N) is 2. The zero-order valence-electron chi connectivity index (χ0n) is 11.4. The van der Waals surface area contributed by atoms with Crippen molar-refractivity contribution in [3.63, 3.8) is 0 Å². The smallest absolute Gasteiger partial charge is 0.267 e. The summed E-state index contributed by atoms with van der Waals surface area (Å²) in [7, 11) is 0. The topological polar surface area (TPSA) is 52.0 Å². The first kappa shape index (κ1) is 12.8. The maximum atomic E-state index is 12.3. The number of Topliss-reactive ketones (excluding diaryl/α,β-unsaturated/α-hetero) is 1. The van der Waals surface area contributed by atoms with Gasteiger partial charge in [0.15, 0.2) is 5.78 Å². The largest absolute Gasteiger partial charge is 0.292 e. The van der Waals surface area contributed by atoms with E-state index >= 15 is 0 Å². The molecule has 4 heteroatoms. The summed E-state index contributed by atoms with van der Waals surface area (Å²) in [5.74, 6) is -0.0712. The molecule has 4 nitrogen and oxygen atoms in total. The van der Waals surface area contributed by atoms with Gasteiger partial charge in [-0.15, -0.1) is 0 Å². The van der Waals surface area contributed by atoms with E-state index in [4.69, 9.17) is 0 Å². The minimum atomic E-state index is -0.237. The van der Waals surface area contributed by atoms with E-state index in [0.717, 1.165) is 24.8 Å². The molecule has 0 radical (unpaired) electrons. The van der Waals surface area contributed by atoms with Crippen molar-refractivity contribution in [2.75, 3.05) is 0 Å². The van der Waals surface area contributed by atoms with Crippen LogP contribution in [0.5, 0.6) is 0 Å². The number of benzene rings is 1. The van der Waals surface area contributed by atoms with Crippen LogP contribution in [0.25, 0.3) is 0 Å². The first-order valence-corrected chi connectivity index (χ1v) is 6.82. The number of ketones is 1. The Morgan fingerprint density at radius 2 is 2.05 bits per heavy atom. The molecule has 0 amide bonds. The molecule has 0 atom stereocenters. The molecule has 1 aliphatic carbocycles. The molecular weight excluding hydrogens is 252 g/mol. The van der Waals surface area contributed by atoms with Gasteiger partial charge in [0.1, 0.15) is 6.54 Å². The maximum Gasteiger partial charge on any atom is 0.267 e. The lowest BCUT2D eigenvalue weighted by atomic mass is 10.0. The molecule has 1 heterocycles. The molecule has 0 bridgehead atoms. The lowest BCUT2D eigenvalue weighted by Gasteiger charge is -2.06. The minimum Gasteiger partial charge on any atom is -0.292 e. The van der Waals surface area contributed by atoms with Crippen LogP contribution in [0.1, 0.15) is 33.5 Å². The molecule has 2 aromatic rings. The number of aryl methyl sites for hydroxylation is 3. The van der Waals surface area contributed by atoms with E-state index in [9.17, 15) is 9.59 Å². The zero-order valence-corrected chi connectivity index (χ0v) is 11.4. The average Bonchev–Trinajstić information content (AvgIpc) is 2.89. The van der Waals surface area contributed by atoms with E-state index in [-0.39, 0.29) is 17.9 Å². The summed E-state index contributed by atoms with van der Waals surface area (Å²) < 4.78 is 1.21. The van der Waals surface area contributed by atoms with Gasteiger partial charge in [0.2, 0.25) is 0 Å². The number of fused-ring (bicyclic) bond motifs is 1. The normalized spacial score (nSPS) is 13.2. The molecule has 1 aromatic heterocycles. The fourth-order valence-electron chi connectivity index (χ4n) is 2.62. The molecule has 0 aliphatic heterocycles. The molecule has 0 saturated carbocycles. The van der Waals surface area contributed by atoms with Crippen molar-refractivity contribution >= 4 is 5.78 Å². The molecule has 20 heavy (non-hydrogen) atoms. The van der Waals surface area contributed by atoms with Gasteiger partial charge in [-0.2, -0.15) is 5.10 Å². The van der Waals surface area contributed by atoms with Crippen molar-refractivity contribution < 1.29 is 4.79 Å². The van der Waals surface area contributed by atoms with E-state index in [2.05, 4.69) is 5.10 Å². The summed E-state index contributed by atoms with van der Waals surface area (Å²) in [6, 6.07) is 7.33. The third-order valence-corrected chi connectivity index (χ3v) is 3.72. The Hall–Kier alpha value is -2.23. The number of aromatic nitrogens is 2. The van der Waals surface area contributed by atoms with Crippen molar-refractivity contribution in [2.24, 2.45) is 0 Å². The van der Waals surface area contributed by atoms with E-state index < -0.39 is 0 Å². The standard InChI is InChI=1S/C16H16N2O2/c1-11-7-16(20)18(17-9-11)10-15(19)14-6-5-12-3-2-4-13(12)8-14/h5-9H,2-4,10H2,1H3. The predicted molar refractivity (Wildman–Crippen MR) is 76.0 cm³/mol. The van der Waals surface area contributed by atoms with E-state index in [0.29, 0.717) is 5.56 Å². The molecule has 1 aliphatic rings. The van der Waals surface area contributed by atoms with Crippen LogP contribution in [0.4, 0.5) is 0 Å². The van der Waals surface area contributed by atoms with Crippen molar-refractivity contribution in [1.82, 2.24) is 9.78 Å². The van der Waals surface area contributed by atoms with E-state index in [1.54, 1.807) is 13.1 Å². The van der Waals surface area contributed by atoms with Crippen molar-refractivity contribution in [1.29, 1.82) is 0 Å². The Morgan fingerprint density at radius 1 is 1.25 bits per heavy atom. The molecule has 0 saturated heterocycles. The quantitative estimate of drug-likeness (QED) is 0.799. The van der Waals surface area contributed by atoms with Crippen LogP contribution in [-0.4, -0.2) is 15.6 Å². The summed E-state index contributed by atoms with van der Waals surface area (Å²) in [5.41, 5.74) is 3.84. The van der Waals surface area contributed by atoms with Crippen LogP contribution in [-0.2, 0) is 19.4 Å². The fourth-order valence-corrected chi connectivity index (χ4v) is 2.62. The highest BCUT2D eigenvalue weighted by molar-refractivity contribution is 5.96. The Balaban J connectivity index is 1.84. The SMILES string of the molecule is Cc1cnn(CC(=O)c2ccc3c(c2)CCC3)c(=O)c1. The highest BCUT2D eigenvalue weighted by Gasteiger charge is 2.14. The third-order valence-electron chi connectivity index (χ3n) is 3.72. The summed E-state index contributed by atoms with van der Waals surface area (Å²) in [4.78, 5) is 24.0. The molecular formula is C16H16N2O2. The first-order valence-electron chi connectivity index (χ1n) is 6.82. The van der Waals surface area contributed by atoms with Gasteiger partial charge in [-0.25, -0.2) is 4.68 Å². The zero-order chi connectivity index (χ0) is 14.1. The summed E-state index contributed by atoms with van der Waals surface area (Å²) >= 11 is 0. The minimum absolute atomic E-state index is 0.00208. The van der Waals surface area contributed by atoms with Gasteiger partial charge in [0.25, 0.3) is 5.56 Å². The Bertz CT molecular complexity index is 731. The second-order valence-electron chi connectivity index (χ2n) is 5.29. The fraction of sp³-hybridized carbons (Fsp3) is 0.312. The van der Waals surface area contributed by atoms with Gasteiger partial charge in [0.05, 0.1) is 6.20 Å².